The maximum atomic E-state index is 12.4. The monoisotopic (exact) mass is 383 g/mol. The van der Waals surface area contributed by atoms with Crippen molar-refractivity contribution in [3.63, 3.8) is 0 Å². The minimum atomic E-state index is -0.00947. The van der Waals surface area contributed by atoms with E-state index >= 15 is 0 Å². The van der Waals surface area contributed by atoms with Crippen molar-refractivity contribution in [1.29, 1.82) is 0 Å². The average Bonchev–Trinajstić information content (AvgIpc) is 3.17. The second-order valence-corrected chi connectivity index (χ2v) is 7.74. The fourth-order valence-corrected chi connectivity index (χ4v) is 3.78. The number of anilines is 1. The number of benzene rings is 1. The van der Waals surface area contributed by atoms with Crippen molar-refractivity contribution in [1.82, 2.24) is 9.80 Å². The third-order valence-corrected chi connectivity index (χ3v) is 5.57. The average molecular weight is 384 g/mol. The van der Waals surface area contributed by atoms with Crippen LogP contribution in [0.3, 0.4) is 0 Å². The summed E-state index contributed by atoms with van der Waals surface area (Å²) < 4.78 is 0. The van der Waals surface area contributed by atoms with E-state index in [9.17, 15) is 9.59 Å². The molecule has 5 nitrogen and oxygen atoms in total. The number of rotatable bonds is 5. The van der Waals surface area contributed by atoms with E-state index in [4.69, 9.17) is 0 Å². The Bertz CT molecular complexity index is 802. The molecule has 1 aromatic carbocycles. The van der Waals surface area contributed by atoms with E-state index < -0.39 is 0 Å². The lowest BCUT2D eigenvalue weighted by Gasteiger charge is -2.33. The van der Waals surface area contributed by atoms with Crippen molar-refractivity contribution < 1.29 is 9.59 Å². The van der Waals surface area contributed by atoms with E-state index in [1.54, 1.807) is 17.4 Å². The number of nitrogens with zero attached hydrogens (tertiary/aromatic N) is 2. The van der Waals surface area contributed by atoms with Crippen LogP contribution >= 0.6 is 11.3 Å². The molecule has 1 aromatic heterocycles. The van der Waals surface area contributed by atoms with Gasteiger partial charge < -0.3 is 10.2 Å². The zero-order valence-electron chi connectivity index (χ0n) is 15.8. The number of hydrogen-bond donors (Lipinski definition) is 1. The van der Waals surface area contributed by atoms with Crippen molar-refractivity contribution in [3.8, 4) is 0 Å². The lowest BCUT2D eigenvalue weighted by atomic mass is 10.1. The van der Waals surface area contributed by atoms with Gasteiger partial charge >= 0.3 is 0 Å². The zero-order chi connectivity index (χ0) is 19.2. The molecule has 0 atom stereocenters. The van der Waals surface area contributed by atoms with Gasteiger partial charge in [0.2, 0.25) is 11.8 Å². The summed E-state index contributed by atoms with van der Waals surface area (Å²) in [6.07, 6.45) is 3.49. The molecule has 1 fully saturated rings. The van der Waals surface area contributed by atoms with Gasteiger partial charge in [-0.25, -0.2) is 0 Å². The van der Waals surface area contributed by atoms with E-state index in [0.717, 1.165) is 21.7 Å². The molecular weight excluding hydrogens is 358 g/mol. The lowest BCUT2D eigenvalue weighted by Crippen LogP contribution is -2.50. The van der Waals surface area contributed by atoms with Crippen molar-refractivity contribution in [2.75, 3.05) is 38.0 Å². The van der Waals surface area contributed by atoms with Gasteiger partial charge in [-0.05, 0) is 42.5 Å². The molecule has 1 N–H and O–H groups in total. The Hall–Kier alpha value is -2.44. The van der Waals surface area contributed by atoms with Crippen LogP contribution in [-0.4, -0.2) is 54.3 Å². The Labute approximate surface area is 164 Å². The van der Waals surface area contributed by atoms with Crippen LogP contribution in [0.25, 0.3) is 6.08 Å². The third kappa shape index (κ3) is 5.28. The molecule has 2 amide bonds. The molecule has 0 saturated carbocycles. The molecule has 142 valence electrons. The zero-order valence-corrected chi connectivity index (χ0v) is 16.6. The van der Waals surface area contributed by atoms with Crippen LogP contribution in [0.1, 0.15) is 16.0 Å². The molecule has 0 radical (unpaired) electrons. The van der Waals surface area contributed by atoms with Crippen LogP contribution in [0.2, 0.25) is 0 Å². The molecule has 1 aliphatic heterocycles. The Morgan fingerprint density at radius 3 is 2.41 bits per heavy atom. The fraction of sp³-hybridized carbons (Fsp3) is 0.333. The molecule has 1 saturated heterocycles. The second-order valence-electron chi connectivity index (χ2n) is 6.77. The van der Waals surface area contributed by atoms with Crippen LogP contribution in [-0.2, 0) is 9.59 Å². The van der Waals surface area contributed by atoms with Crippen LogP contribution < -0.4 is 5.32 Å². The van der Waals surface area contributed by atoms with Gasteiger partial charge in [0.25, 0.3) is 0 Å². The van der Waals surface area contributed by atoms with Crippen molar-refractivity contribution in [3.05, 3.63) is 57.8 Å². The summed E-state index contributed by atoms with van der Waals surface area (Å²) in [7, 11) is 0. The number of para-hydroxylation sites is 1. The number of nitrogens with one attached hydrogen (secondary N) is 1. The molecule has 0 aliphatic carbocycles. The van der Waals surface area contributed by atoms with Gasteiger partial charge in [-0.15, -0.1) is 11.3 Å². The summed E-state index contributed by atoms with van der Waals surface area (Å²) in [6, 6.07) is 9.94. The Morgan fingerprint density at radius 1 is 1.07 bits per heavy atom. The first-order valence-corrected chi connectivity index (χ1v) is 10.00. The van der Waals surface area contributed by atoms with Crippen LogP contribution in [0, 0.1) is 13.8 Å². The summed E-state index contributed by atoms with van der Waals surface area (Å²) in [5.41, 5.74) is 3.03. The van der Waals surface area contributed by atoms with Gasteiger partial charge in [0.1, 0.15) is 0 Å². The molecule has 0 unspecified atom stereocenters. The number of thiophene rings is 1. The van der Waals surface area contributed by atoms with Crippen molar-refractivity contribution in [2.24, 2.45) is 0 Å². The lowest BCUT2D eigenvalue weighted by molar-refractivity contribution is -0.127. The molecule has 6 heteroatoms. The number of carbonyl (C=O) groups excluding carboxylic acids is 2. The molecule has 27 heavy (non-hydrogen) atoms. The molecule has 2 aromatic rings. The normalized spacial score (nSPS) is 15.3. The standard InChI is InChI=1S/C21H25N3O2S/c1-16-5-3-6-17(2)21(16)22-19(25)15-23-10-12-24(13-11-23)20(26)9-8-18-7-4-14-27-18/h3-9,14H,10-13,15H2,1-2H3,(H,22,25)/b9-8+. The summed E-state index contributed by atoms with van der Waals surface area (Å²) in [5, 5.41) is 5.02. The van der Waals surface area contributed by atoms with Gasteiger partial charge in [-0.1, -0.05) is 24.3 Å². The molecule has 3 rings (SSSR count). The molecule has 0 spiro atoms. The first kappa shape index (κ1) is 19.3. The number of piperazine rings is 1. The number of amides is 2. The maximum absolute atomic E-state index is 12.4. The predicted octanol–water partition coefficient (Wildman–Crippen LogP) is 3.16. The highest BCUT2D eigenvalue weighted by molar-refractivity contribution is 7.10. The first-order valence-electron chi connectivity index (χ1n) is 9.12. The quantitative estimate of drug-likeness (QED) is 0.807. The second kappa shape index (κ2) is 8.97. The van der Waals surface area contributed by atoms with E-state index in [1.165, 1.54) is 0 Å². The van der Waals surface area contributed by atoms with E-state index in [1.807, 2.05) is 60.5 Å². The Morgan fingerprint density at radius 2 is 1.78 bits per heavy atom. The van der Waals surface area contributed by atoms with Gasteiger partial charge in [-0.3, -0.25) is 14.5 Å². The largest absolute Gasteiger partial charge is 0.337 e. The van der Waals surface area contributed by atoms with Crippen molar-refractivity contribution in [2.45, 2.75) is 13.8 Å². The minimum Gasteiger partial charge on any atom is -0.337 e. The van der Waals surface area contributed by atoms with Gasteiger partial charge in [0.05, 0.1) is 6.54 Å². The number of aryl methyl sites for hydroxylation is 2. The Balaban J connectivity index is 1.46. The maximum Gasteiger partial charge on any atom is 0.246 e. The van der Waals surface area contributed by atoms with Crippen LogP contribution in [0.5, 0.6) is 0 Å². The van der Waals surface area contributed by atoms with Gasteiger partial charge in [-0.2, -0.15) is 0 Å². The minimum absolute atomic E-state index is 0.00947. The highest BCUT2D eigenvalue weighted by Gasteiger charge is 2.21. The summed E-state index contributed by atoms with van der Waals surface area (Å²) in [5.74, 6) is 0.0211. The first-order chi connectivity index (χ1) is 13.0. The molecular formula is C21H25N3O2S. The fourth-order valence-electron chi connectivity index (χ4n) is 3.16. The number of carbonyl (C=O) groups is 2. The van der Waals surface area contributed by atoms with Gasteiger partial charge in [0, 0.05) is 42.8 Å². The number of hydrogen-bond acceptors (Lipinski definition) is 4. The van der Waals surface area contributed by atoms with E-state index in [-0.39, 0.29) is 11.8 Å². The van der Waals surface area contributed by atoms with Crippen LogP contribution in [0.4, 0.5) is 5.69 Å². The van der Waals surface area contributed by atoms with E-state index in [2.05, 4.69) is 10.2 Å². The summed E-state index contributed by atoms with van der Waals surface area (Å²) in [4.78, 5) is 29.7. The van der Waals surface area contributed by atoms with Gasteiger partial charge in [0.15, 0.2) is 0 Å². The summed E-state index contributed by atoms with van der Waals surface area (Å²) >= 11 is 1.61. The van der Waals surface area contributed by atoms with Crippen LogP contribution in [0.15, 0.2) is 41.8 Å². The van der Waals surface area contributed by atoms with E-state index in [0.29, 0.717) is 32.7 Å². The van der Waals surface area contributed by atoms with Crippen molar-refractivity contribution >= 4 is 34.9 Å². The molecule has 1 aliphatic rings. The third-order valence-electron chi connectivity index (χ3n) is 4.73. The SMILES string of the molecule is Cc1cccc(C)c1NC(=O)CN1CCN(C(=O)/C=C/c2cccs2)CC1. The predicted molar refractivity (Wildman–Crippen MR) is 111 cm³/mol. The smallest absolute Gasteiger partial charge is 0.246 e. The topological polar surface area (TPSA) is 52.7 Å². The Kier molecular flexibility index (Phi) is 6.42. The highest BCUT2D eigenvalue weighted by atomic mass is 32.1. The summed E-state index contributed by atoms with van der Waals surface area (Å²) in [6.45, 7) is 7.04. The highest BCUT2D eigenvalue weighted by Crippen LogP contribution is 2.19. The molecule has 0 bridgehead atoms. The molecule has 2 heterocycles.